The highest BCUT2D eigenvalue weighted by Crippen LogP contribution is 2.34. The van der Waals surface area contributed by atoms with Gasteiger partial charge in [0.15, 0.2) is 4.67 Å². The zero-order valence-electron chi connectivity index (χ0n) is 7.54. The molecule has 0 saturated heterocycles. The van der Waals surface area contributed by atoms with Gasteiger partial charge < -0.3 is 4.42 Å². The van der Waals surface area contributed by atoms with Crippen LogP contribution in [0.15, 0.2) is 33.5 Å². The van der Waals surface area contributed by atoms with Gasteiger partial charge in [-0.2, -0.15) is 0 Å². The molecule has 2 aromatic rings. The minimum atomic E-state index is -0.101. The number of hydrazine groups is 1. The Morgan fingerprint density at radius 1 is 1.47 bits per heavy atom. The normalized spacial score (nSPS) is 13.0. The van der Waals surface area contributed by atoms with Crippen LogP contribution in [0.1, 0.15) is 16.5 Å². The van der Waals surface area contributed by atoms with Crippen molar-refractivity contribution in [3.63, 3.8) is 0 Å². The summed E-state index contributed by atoms with van der Waals surface area (Å²) in [5.41, 5.74) is 3.69. The lowest BCUT2D eigenvalue weighted by atomic mass is 10.1. The SMILES string of the molecule is NNC(c1ccc(Cl)s1)c1ccoc1Br. The molecule has 0 bridgehead atoms. The summed E-state index contributed by atoms with van der Waals surface area (Å²) in [5.74, 6) is 5.53. The molecule has 1 unspecified atom stereocenters. The third-order valence-corrected chi connectivity index (χ3v) is 3.94. The molecule has 6 heteroatoms. The van der Waals surface area contributed by atoms with E-state index in [1.54, 1.807) is 6.26 Å². The molecule has 80 valence electrons. The van der Waals surface area contributed by atoms with Gasteiger partial charge in [0.25, 0.3) is 0 Å². The molecule has 3 nitrogen and oxygen atoms in total. The van der Waals surface area contributed by atoms with Crippen molar-refractivity contribution in [2.45, 2.75) is 6.04 Å². The van der Waals surface area contributed by atoms with Gasteiger partial charge in [0.2, 0.25) is 0 Å². The molecule has 0 aliphatic heterocycles. The van der Waals surface area contributed by atoms with E-state index in [4.69, 9.17) is 21.9 Å². The quantitative estimate of drug-likeness (QED) is 0.675. The van der Waals surface area contributed by atoms with Crippen molar-refractivity contribution >= 4 is 38.9 Å². The highest BCUT2D eigenvalue weighted by molar-refractivity contribution is 9.10. The third-order valence-electron chi connectivity index (χ3n) is 2.00. The summed E-state index contributed by atoms with van der Waals surface area (Å²) >= 11 is 10.7. The summed E-state index contributed by atoms with van der Waals surface area (Å²) in [6.07, 6.45) is 1.61. The van der Waals surface area contributed by atoms with Gasteiger partial charge in [-0.25, -0.2) is 5.43 Å². The molecule has 0 amide bonds. The smallest absolute Gasteiger partial charge is 0.174 e. The first-order chi connectivity index (χ1) is 7.22. The number of rotatable bonds is 3. The summed E-state index contributed by atoms with van der Waals surface area (Å²) in [4.78, 5) is 1.05. The first kappa shape index (κ1) is 11.2. The topological polar surface area (TPSA) is 51.2 Å². The number of nitrogens with one attached hydrogen (secondary N) is 1. The number of furan rings is 1. The summed E-state index contributed by atoms with van der Waals surface area (Å²) in [6.45, 7) is 0. The van der Waals surface area contributed by atoms with Crippen LogP contribution in [0.2, 0.25) is 4.34 Å². The third kappa shape index (κ3) is 2.26. The fourth-order valence-corrected chi connectivity index (χ4v) is 2.93. The predicted molar refractivity (Wildman–Crippen MR) is 64.9 cm³/mol. The summed E-state index contributed by atoms with van der Waals surface area (Å²) in [7, 11) is 0. The Balaban J connectivity index is 2.36. The molecule has 2 heterocycles. The molecule has 2 aromatic heterocycles. The minimum Gasteiger partial charge on any atom is -0.457 e. The average Bonchev–Trinajstić information content (AvgIpc) is 2.79. The van der Waals surface area contributed by atoms with Gasteiger partial charge in [0, 0.05) is 10.4 Å². The number of halogens is 2. The van der Waals surface area contributed by atoms with E-state index in [1.165, 1.54) is 11.3 Å². The lowest BCUT2D eigenvalue weighted by molar-refractivity contribution is 0.528. The van der Waals surface area contributed by atoms with E-state index >= 15 is 0 Å². The average molecular weight is 308 g/mol. The van der Waals surface area contributed by atoms with E-state index in [1.807, 2.05) is 18.2 Å². The van der Waals surface area contributed by atoms with Crippen LogP contribution >= 0.6 is 38.9 Å². The second-order valence-electron chi connectivity index (χ2n) is 2.89. The van der Waals surface area contributed by atoms with Gasteiger partial charge in [-0.1, -0.05) is 11.6 Å². The molecule has 3 N–H and O–H groups in total. The van der Waals surface area contributed by atoms with Gasteiger partial charge in [-0.05, 0) is 34.1 Å². The van der Waals surface area contributed by atoms with Crippen LogP contribution in [-0.2, 0) is 0 Å². The van der Waals surface area contributed by atoms with Crippen LogP contribution in [0.3, 0.4) is 0 Å². The molecule has 0 aliphatic rings. The Labute approximate surface area is 104 Å². The number of hydrogen-bond acceptors (Lipinski definition) is 4. The van der Waals surface area contributed by atoms with E-state index < -0.39 is 0 Å². The zero-order chi connectivity index (χ0) is 10.8. The lowest BCUT2D eigenvalue weighted by Gasteiger charge is -2.12. The Hall–Kier alpha value is -0.330. The molecule has 1 atom stereocenters. The Morgan fingerprint density at radius 2 is 2.27 bits per heavy atom. The summed E-state index contributed by atoms with van der Waals surface area (Å²) < 4.78 is 6.58. The highest BCUT2D eigenvalue weighted by atomic mass is 79.9. The first-order valence-corrected chi connectivity index (χ1v) is 6.15. The van der Waals surface area contributed by atoms with Crippen LogP contribution in [-0.4, -0.2) is 0 Å². The number of hydrogen-bond donors (Lipinski definition) is 2. The molecular formula is C9H8BrClN2OS. The lowest BCUT2D eigenvalue weighted by Crippen LogP contribution is -2.28. The van der Waals surface area contributed by atoms with Crippen molar-refractivity contribution in [2.24, 2.45) is 5.84 Å². The standard InChI is InChI=1S/C9H8BrClN2OS/c10-9-5(3-4-14-9)8(13-12)6-1-2-7(11)15-6/h1-4,8,13H,12H2. The van der Waals surface area contributed by atoms with Gasteiger partial charge >= 0.3 is 0 Å². The van der Waals surface area contributed by atoms with Crippen molar-refractivity contribution < 1.29 is 4.42 Å². The summed E-state index contributed by atoms with van der Waals surface area (Å²) in [6, 6.07) is 5.55. The van der Waals surface area contributed by atoms with Crippen LogP contribution in [0.5, 0.6) is 0 Å². The van der Waals surface area contributed by atoms with Gasteiger partial charge in [0.1, 0.15) is 0 Å². The molecule has 0 aliphatic carbocycles. The molecule has 0 spiro atoms. The minimum absolute atomic E-state index is 0.101. The van der Waals surface area contributed by atoms with Crippen molar-refractivity contribution in [2.75, 3.05) is 0 Å². The van der Waals surface area contributed by atoms with Crippen molar-refractivity contribution in [1.82, 2.24) is 5.43 Å². The molecule has 0 fully saturated rings. The maximum absolute atomic E-state index is 5.88. The van der Waals surface area contributed by atoms with E-state index in [0.29, 0.717) is 4.67 Å². The zero-order valence-corrected chi connectivity index (χ0v) is 10.7. The second-order valence-corrected chi connectivity index (χ2v) is 5.36. The Kier molecular flexibility index (Phi) is 3.48. The molecule has 2 rings (SSSR count). The van der Waals surface area contributed by atoms with E-state index in [-0.39, 0.29) is 6.04 Å². The van der Waals surface area contributed by atoms with Crippen molar-refractivity contribution in [3.05, 3.63) is 43.9 Å². The molecule has 0 aromatic carbocycles. The van der Waals surface area contributed by atoms with E-state index in [9.17, 15) is 0 Å². The Morgan fingerprint density at radius 3 is 2.73 bits per heavy atom. The predicted octanol–water partition coefficient (Wildman–Crippen LogP) is 3.31. The van der Waals surface area contributed by atoms with Crippen LogP contribution in [0, 0.1) is 0 Å². The van der Waals surface area contributed by atoms with Crippen LogP contribution in [0.4, 0.5) is 0 Å². The maximum Gasteiger partial charge on any atom is 0.174 e. The van der Waals surface area contributed by atoms with Crippen LogP contribution in [0.25, 0.3) is 0 Å². The van der Waals surface area contributed by atoms with E-state index in [2.05, 4.69) is 21.4 Å². The fourth-order valence-electron chi connectivity index (χ4n) is 1.32. The summed E-state index contributed by atoms with van der Waals surface area (Å²) in [5, 5.41) is 0. The van der Waals surface area contributed by atoms with Gasteiger partial charge in [-0.3, -0.25) is 5.84 Å². The molecular weight excluding hydrogens is 300 g/mol. The first-order valence-electron chi connectivity index (χ1n) is 4.16. The van der Waals surface area contributed by atoms with E-state index in [0.717, 1.165) is 14.8 Å². The maximum atomic E-state index is 5.88. The molecule has 0 saturated carbocycles. The largest absolute Gasteiger partial charge is 0.457 e. The second kappa shape index (κ2) is 4.67. The number of nitrogens with two attached hydrogens (primary N) is 1. The van der Waals surface area contributed by atoms with Crippen molar-refractivity contribution in [3.8, 4) is 0 Å². The monoisotopic (exact) mass is 306 g/mol. The molecule has 0 radical (unpaired) electrons. The van der Waals surface area contributed by atoms with Gasteiger partial charge in [-0.15, -0.1) is 11.3 Å². The highest BCUT2D eigenvalue weighted by Gasteiger charge is 2.18. The van der Waals surface area contributed by atoms with Crippen LogP contribution < -0.4 is 11.3 Å². The Bertz CT molecular complexity index is 456. The molecule has 15 heavy (non-hydrogen) atoms. The fraction of sp³-hybridized carbons (Fsp3) is 0.111. The van der Waals surface area contributed by atoms with Gasteiger partial charge in [0.05, 0.1) is 16.6 Å². The number of thiophene rings is 1. The van der Waals surface area contributed by atoms with Crippen molar-refractivity contribution in [1.29, 1.82) is 0 Å².